The van der Waals surface area contributed by atoms with Gasteiger partial charge in [-0.1, -0.05) is 117 Å². The Morgan fingerprint density at radius 3 is 0.839 bits per heavy atom. The van der Waals surface area contributed by atoms with Crippen molar-refractivity contribution < 1.29 is 0 Å². The van der Waals surface area contributed by atoms with E-state index in [2.05, 4.69) is 135 Å². The van der Waals surface area contributed by atoms with Gasteiger partial charge < -0.3 is 0 Å². The molecule has 0 heterocycles. The molecule has 0 fully saturated rings. The fourth-order valence-electron chi connectivity index (χ4n) is 4.15. The zero-order valence-corrected chi connectivity index (χ0v) is 21.7. The first-order valence-electron chi connectivity index (χ1n) is 11.3. The van der Waals surface area contributed by atoms with Gasteiger partial charge in [0, 0.05) is 16.7 Å². The van der Waals surface area contributed by atoms with Gasteiger partial charge in [-0.05, 0) is 34.4 Å². The summed E-state index contributed by atoms with van der Waals surface area (Å²) in [6.07, 6.45) is 0. The summed E-state index contributed by atoms with van der Waals surface area (Å²) in [5, 5.41) is 0. The number of benzene rings is 3. The summed E-state index contributed by atoms with van der Waals surface area (Å²) in [4.78, 5) is 4.34. The monoisotopic (exact) mass is 431 g/mol. The molecule has 0 unspecified atom stereocenters. The Hall–Kier alpha value is -1.99. The lowest BCUT2D eigenvalue weighted by atomic mass is 9.87. The Bertz CT molecular complexity index is 902. The summed E-state index contributed by atoms with van der Waals surface area (Å²) in [7, 11) is -0.189. The van der Waals surface area contributed by atoms with Crippen molar-refractivity contribution in [1.29, 1.82) is 0 Å². The molecule has 3 aromatic carbocycles. The van der Waals surface area contributed by atoms with Gasteiger partial charge in [-0.15, -0.1) is 0 Å². The Morgan fingerprint density at radius 1 is 0.387 bits per heavy atom. The molecule has 3 rings (SSSR count). The quantitative estimate of drug-likeness (QED) is 0.364. The SMILES string of the molecule is CC(C)(C)c1ccccc1[S+](c1ccccc1C(C)(C)C)c1ccccc1C(C)(C)C. The molecule has 31 heavy (non-hydrogen) atoms. The van der Waals surface area contributed by atoms with Gasteiger partial charge in [-0.2, -0.15) is 0 Å². The number of hydrogen-bond donors (Lipinski definition) is 0. The largest absolute Gasteiger partial charge is 0.170 e. The van der Waals surface area contributed by atoms with Gasteiger partial charge in [0.25, 0.3) is 0 Å². The van der Waals surface area contributed by atoms with Gasteiger partial charge in [0.1, 0.15) is 10.9 Å². The second-order valence-electron chi connectivity index (χ2n) is 11.5. The molecule has 0 radical (unpaired) electrons. The third kappa shape index (κ3) is 5.09. The maximum absolute atomic E-state index is 2.36. The lowest BCUT2D eigenvalue weighted by Gasteiger charge is -2.28. The molecule has 0 amide bonds. The van der Waals surface area contributed by atoms with Crippen molar-refractivity contribution in [2.24, 2.45) is 0 Å². The Kier molecular flexibility index (Phi) is 6.50. The molecule has 0 aliphatic carbocycles. The van der Waals surface area contributed by atoms with Crippen LogP contribution in [0.3, 0.4) is 0 Å². The average Bonchev–Trinajstić information content (AvgIpc) is 2.67. The van der Waals surface area contributed by atoms with Crippen LogP contribution in [0.15, 0.2) is 87.5 Å². The molecular weight excluding hydrogens is 392 g/mol. The minimum absolute atomic E-state index is 0.0786. The van der Waals surface area contributed by atoms with E-state index in [9.17, 15) is 0 Å². The summed E-state index contributed by atoms with van der Waals surface area (Å²) in [5.41, 5.74) is 4.54. The fraction of sp³-hybridized carbons (Fsp3) is 0.400. The van der Waals surface area contributed by atoms with Crippen LogP contribution in [0.4, 0.5) is 0 Å². The molecular formula is C30H39S+. The van der Waals surface area contributed by atoms with Crippen LogP contribution >= 0.6 is 0 Å². The molecule has 0 spiro atoms. The highest BCUT2D eigenvalue weighted by Gasteiger charge is 2.40. The topological polar surface area (TPSA) is 0 Å². The minimum atomic E-state index is -0.189. The highest BCUT2D eigenvalue weighted by molar-refractivity contribution is 7.97. The standard InChI is InChI=1S/C30H39S/c1-28(2,3)22-16-10-13-19-25(22)31(26-20-14-11-17-23(26)29(4,5)6)27-21-15-12-18-24(27)30(7,8)9/h10-21H,1-9H3/q+1. The second kappa shape index (κ2) is 8.51. The number of rotatable bonds is 3. The first-order chi connectivity index (χ1) is 14.3. The van der Waals surface area contributed by atoms with Gasteiger partial charge in [0.15, 0.2) is 14.7 Å². The van der Waals surface area contributed by atoms with Crippen LogP contribution in [-0.2, 0) is 27.1 Å². The van der Waals surface area contributed by atoms with E-state index in [4.69, 9.17) is 0 Å². The van der Waals surface area contributed by atoms with E-state index in [1.807, 2.05) is 0 Å². The Morgan fingerprint density at radius 2 is 0.613 bits per heavy atom. The van der Waals surface area contributed by atoms with Crippen molar-refractivity contribution in [3.05, 3.63) is 89.5 Å². The summed E-state index contributed by atoms with van der Waals surface area (Å²) in [6.45, 7) is 21.0. The first kappa shape index (κ1) is 23.7. The normalized spacial score (nSPS) is 13.0. The lowest BCUT2D eigenvalue weighted by molar-refractivity contribution is 0.570. The van der Waals surface area contributed by atoms with E-state index >= 15 is 0 Å². The zero-order chi connectivity index (χ0) is 23.0. The summed E-state index contributed by atoms with van der Waals surface area (Å²) < 4.78 is 0. The molecule has 0 aromatic heterocycles. The maximum Gasteiger partial charge on any atom is 0.170 e. The van der Waals surface area contributed by atoms with Crippen molar-refractivity contribution in [1.82, 2.24) is 0 Å². The molecule has 0 bridgehead atoms. The van der Waals surface area contributed by atoms with Crippen molar-refractivity contribution in [2.45, 2.75) is 93.2 Å². The number of hydrogen-bond acceptors (Lipinski definition) is 0. The minimum Gasteiger partial charge on any atom is -0.0616 e. The average molecular weight is 432 g/mol. The Balaban J connectivity index is 2.44. The molecule has 0 aliphatic heterocycles. The third-order valence-electron chi connectivity index (χ3n) is 5.74. The van der Waals surface area contributed by atoms with Gasteiger partial charge in [0.05, 0.1) is 0 Å². The predicted octanol–water partition coefficient (Wildman–Crippen LogP) is 8.67. The fourth-order valence-corrected chi connectivity index (χ4v) is 7.29. The smallest absolute Gasteiger partial charge is 0.0616 e. The zero-order valence-electron chi connectivity index (χ0n) is 20.8. The highest BCUT2D eigenvalue weighted by atomic mass is 32.2. The molecule has 0 saturated heterocycles. The van der Waals surface area contributed by atoms with Gasteiger partial charge in [-0.3, -0.25) is 0 Å². The molecule has 3 aromatic rings. The summed E-state index contributed by atoms with van der Waals surface area (Å²) in [5.74, 6) is 0. The van der Waals surface area contributed by atoms with Crippen molar-refractivity contribution in [3.8, 4) is 0 Å². The second-order valence-corrected chi connectivity index (χ2v) is 13.5. The first-order valence-corrected chi connectivity index (χ1v) is 12.6. The maximum atomic E-state index is 2.36. The van der Waals surface area contributed by atoms with E-state index in [1.54, 1.807) is 0 Å². The molecule has 0 atom stereocenters. The Labute approximate surface area is 193 Å². The molecule has 164 valence electrons. The van der Waals surface area contributed by atoms with Gasteiger partial charge in [0.2, 0.25) is 0 Å². The van der Waals surface area contributed by atoms with Crippen LogP contribution in [0.25, 0.3) is 0 Å². The van der Waals surface area contributed by atoms with Crippen molar-refractivity contribution >= 4 is 10.9 Å². The van der Waals surface area contributed by atoms with E-state index < -0.39 is 0 Å². The molecule has 0 aliphatic rings. The highest BCUT2D eigenvalue weighted by Crippen LogP contribution is 2.44. The lowest BCUT2D eigenvalue weighted by Crippen LogP contribution is -2.23. The van der Waals surface area contributed by atoms with E-state index in [0.717, 1.165) is 0 Å². The van der Waals surface area contributed by atoms with Gasteiger partial charge >= 0.3 is 0 Å². The molecule has 0 N–H and O–H groups in total. The van der Waals surface area contributed by atoms with Gasteiger partial charge in [-0.25, -0.2) is 0 Å². The molecule has 0 saturated carbocycles. The van der Waals surface area contributed by atoms with E-state index in [-0.39, 0.29) is 27.1 Å². The van der Waals surface area contributed by atoms with Crippen LogP contribution < -0.4 is 0 Å². The molecule has 0 nitrogen and oxygen atoms in total. The van der Waals surface area contributed by atoms with Crippen molar-refractivity contribution in [3.63, 3.8) is 0 Å². The van der Waals surface area contributed by atoms with Crippen LogP contribution in [0.5, 0.6) is 0 Å². The van der Waals surface area contributed by atoms with Crippen LogP contribution in [0.1, 0.15) is 79.0 Å². The van der Waals surface area contributed by atoms with E-state index in [1.165, 1.54) is 31.4 Å². The van der Waals surface area contributed by atoms with Crippen LogP contribution in [0.2, 0.25) is 0 Å². The third-order valence-corrected chi connectivity index (χ3v) is 8.13. The summed E-state index contributed by atoms with van der Waals surface area (Å²) >= 11 is 0. The molecule has 1 heteroatoms. The van der Waals surface area contributed by atoms with Crippen LogP contribution in [-0.4, -0.2) is 0 Å². The summed E-state index contributed by atoms with van der Waals surface area (Å²) in [6, 6.07) is 27.3. The predicted molar refractivity (Wildman–Crippen MR) is 138 cm³/mol. The van der Waals surface area contributed by atoms with Crippen molar-refractivity contribution in [2.75, 3.05) is 0 Å². The van der Waals surface area contributed by atoms with E-state index in [0.29, 0.717) is 0 Å². The van der Waals surface area contributed by atoms with Crippen LogP contribution in [0, 0.1) is 0 Å².